The van der Waals surface area contributed by atoms with Gasteiger partial charge >= 0.3 is 0 Å². The van der Waals surface area contributed by atoms with E-state index in [-0.39, 0.29) is 0 Å². The Kier molecular flexibility index (Phi) is 3.27. The van der Waals surface area contributed by atoms with Crippen molar-refractivity contribution >= 4 is 5.69 Å². The number of piperidine rings is 1. The van der Waals surface area contributed by atoms with E-state index in [1.165, 1.54) is 44.3 Å². The van der Waals surface area contributed by atoms with Gasteiger partial charge in [-0.15, -0.1) is 0 Å². The molecule has 3 nitrogen and oxygen atoms in total. The third-order valence-corrected chi connectivity index (χ3v) is 3.81. The molecule has 0 radical (unpaired) electrons. The van der Waals surface area contributed by atoms with Gasteiger partial charge in [0, 0.05) is 36.7 Å². The third-order valence-electron chi connectivity index (χ3n) is 3.81. The lowest BCUT2D eigenvalue weighted by molar-refractivity contribution is 0.398. The second-order valence-electron chi connectivity index (χ2n) is 5.24. The lowest BCUT2D eigenvalue weighted by Crippen LogP contribution is -2.44. The molecule has 0 bridgehead atoms. The highest BCUT2D eigenvalue weighted by Crippen LogP contribution is 2.31. The molecule has 1 aliphatic carbocycles. The fraction of sp³-hybridized carbons (Fsp3) is 0.643. The molecule has 1 aromatic rings. The summed E-state index contributed by atoms with van der Waals surface area (Å²) < 4.78 is 0. The number of rotatable bonds is 4. The van der Waals surface area contributed by atoms with Crippen LogP contribution in [-0.2, 0) is 0 Å². The van der Waals surface area contributed by atoms with Crippen LogP contribution < -0.4 is 10.2 Å². The van der Waals surface area contributed by atoms with Crippen LogP contribution >= 0.6 is 0 Å². The minimum absolute atomic E-state index is 0.678. The molecule has 0 spiro atoms. The molecule has 2 heterocycles. The summed E-state index contributed by atoms with van der Waals surface area (Å²) in [5, 5.41) is 3.64. The van der Waals surface area contributed by atoms with Crippen LogP contribution in [-0.4, -0.2) is 30.2 Å². The van der Waals surface area contributed by atoms with Gasteiger partial charge < -0.3 is 10.2 Å². The van der Waals surface area contributed by atoms with Crippen molar-refractivity contribution in [3.63, 3.8) is 0 Å². The summed E-state index contributed by atoms with van der Waals surface area (Å²) in [6.45, 7) is 2.36. The molecule has 0 aromatic carbocycles. The standard InChI is InChI=1S/C14H21N3/c1-2-8-16-12(3-1)11-17(13-4-5-13)14-6-9-15-10-7-14/h6-7,9-10,12-13,16H,1-5,8,11H2. The van der Waals surface area contributed by atoms with E-state index in [4.69, 9.17) is 0 Å². The van der Waals surface area contributed by atoms with Crippen LogP contribution in [0, 0.1) is 0 Å². The van der Waals surface area contributed by atoms with E-state index in [1.807, 2.05) is 12.4 Å². The fourth-order valence-electron chi connectivity index (χ4n) is 2.70. The van der Waals surface area contributed by atoms with Crippen molar-refractivity contribution < 1.29 is 0 Å². The van der Waals surface area contributed by atoms with Crippen LogP contribution in [0.3, 0.4) is 0 Å². The molecule has 92 valence electrons. The first kappa shape index (κ1) is 11.0. The lowest BCUT2D eigenvalue weighted by atomic mass is 10.0. The average Bonchev–Trinajstić information content (AvgIpc) is 3.23. The molecule has 1 N–H and O–H groups in total. The van der Waals surface area contributed by atoms with E-state index in [1.54, 1.807) is 0 Å². The number of anilines is 1. The predicted octanol–water partition coefficient (Wildman–Crippen LogP) is 2.19. The van der Waals surface area contributed by atoms with Crippen molar-refractivity contribution in [2.75, 3.05) is 18.0 Å². The largest absolute Gasteiger partial charge is 0.367 e. The zero-order valence-corrected chi connectivity index (χ0v) is 10.3. The van der Waals surface area contributed by atoms with Gasteiger partial charge in [-0.05, 0) is 44.4 Å². The molecule has 3 heteroatoms. The molecule has 1 aromatic heterocycles. The number of hydrogen-bond acceptors (Lipinski definition) is 3. The van der Waals surface area contributed by atoms with Crippen LogP contribution in [0.15, 0.2) is 24.5 Å². The van der Waals surface area contributed by atoms with E-state index in [0.717, 1.165) is 12.6 Å². The summed E-state index contributed by atoms with van der Waals surface area (Å²) in [6, 6.07) is 5.74. The first-order valence-corrected chi connectivity index (χ1v) is 6.83. The van der Waals surface area contributed by atoms with Gasteiger partial charge in [0.1, 0.15) is 0 Å². The summed E-state index contributed by atoms with van der Waals surface area (Å²) in [7, 11) is 0. The molecule has 1 unspecified atom stereocenters. The van der Waals surface area contributed by atoms with E-state index in [2.05, 4.69) is 27.3 Å². The minimum Gasteiger partial charge on any atom is -0.367 e. The highest BCUT2D eigenvalue weighted by Gasteiger charge is 2.31. The first-order valence-electron chi connectivity index (χ1n) is 6.83. The summed E-state index contributed by atoms with van der Waals surface area (Å²) in [6.07, 6.45) is 10.6. The molecule has 0 amide bonds. The van der Waals surface area contributed by atoms with Gasteiger partial charge in [0.25, 0.3) is 0 Å². The van der Waals surface area contributed by atoms with Crippen molar-refractivity contribution in [3.05, 3.63) is 24.5 Å². The van der Waals surface area contributed by atoms with Gasteiger partial charge in [0.05, 0.1) is 0 Å². The van der Waals surface area contributed by atoms with Crippen LogP contribution in [0.25, 0.3) is 0 Å². The Morgan fingerprint density at radius 3 is 2.65 bits per heavy atom. The molecular weight excluding hydrogens is 210 g/mol. The topological polar surface area (TPSA) is 28.2 Å². The van der Waals surface area contributed by atoms with Gasteiger partial charge in [-0.2, -0.15) is 0 Å². The van der Waals surface area contributed by atoms with Gasteiger partial charge in [0.15, 0.2) is 0 Å². The highest BCUT2D eigenvalue weighted by atomic mass is 15.2. The number of hydrogen-bond donors (Lipinski definition) is 1. The monoisotopic (exact) mass is 231 g/mol. The van der Waals surface area contributed by atoms with Gasteiger partial charge in [-0.3, -0.25) is 4.98 Å². The zero-order chi connectivity index (χ0) is 11.5. The van der Waals surface area contributed by atoms with Gasteiger partial charge in [-0.25, -0.2) is 0 Å². The quantitative estimate of drug-likeness (QED) is 0.861. The molecule has 1 saturated carbocycles. The Balaban J connectivity index is 1.67. The van der Waals surface area contributed by atoms with E-state index < -0.39 is 0 Å². The predicted molar refractivity (Wildman–Crippen MR) is 70.2 cm³/mol. The molecular formula is C14H21N3. The second-order valence-corrected chi connectivity index (χ2v) is 5.24. The highest BCUT2D eigenvalue weighted by molar-refractivity contribution is 5.47. The normalized spacial score (nSPS) is 24.6. The fourth-order valence-corrected chi connectivity index (χ4v) is 2.70. The Bertz CT molecular complexity index is 342. The Morgan fingerprint density at radius 2 is 2.00 bits per heavy atom. The summed E-state index contributed by atoms with van der Waals surface area (Å²) in [5.74, 6) is 0. The summed E-state index contributed by atoms with van der Waals surface area (Å²) in [4.78, 5) is 6.69. The van der Waals surface area contributed by atoms with Crippen molar-refractivity contribution in [2.24, 2.45) is 0 Å². The van der Waals surface area contributed by atoms with Gasteiger partial charge in [0.2, 0.25) is 0 Å². The number of pyridine rings is 1. The molecule has 1 atom stereocenters. The average molecular weight is 231 g/mol. The number of nitrogens with one attached hydrogen (secondary N) is 1. The summed E-state index contributed by atoms with van der Waals surface area (Å²) in [5.41, 5.74) is 1.34. The summed E-state index contributed by atoms with van der Waals surface area (Å²) >= 11 is 0. The van der Waals surface area contributed by atoms with Crippen LogP contribution in [0.5, 0.6) is 0 Å². The third kappa shape index (κ3) is 2.78. The maximum absolute atomic E-state index is 4.11. The molecule has 2 fully saturated rings. The van der Waals surface area contributed by atoms with Crippen LogP contribution in [0.4, 0.5) is 5.69 Å². The smallest absolute Gasteiger partial charge is 0.0400 e. The first-order chi connectivity index (χ1) is 8.43. The maximum atomic E-state index is 4.11. The minimum atomic E-state index is 0.678. The SMILES string of the molecule is c1cc(N(CC2CCCCN2)C2CC2)ccn1. The van der Waals surface area contributed by atoms with Crippen LogP contribution in [0.1, 0.15) is 32.1 Å². The Morgan fingerprint density at radius 1 is 1.18 bits per heavy atom. The van der Waals surface area contributed by atoms with Crippen molar-refractivity contribution in [1.82, 2.24) is 10.3 Å². The van der Waals surface area contributed by atoms with Gasteiger partial charge in [-0.1, -0.05) is 6.42 Å². The maximum Gasteiger partial charge on any atom is 0.0400 e. The molecule has 1 saturated heterocycles. The number of nitrogens with zero attached hydrogens (tertiary/aromatic N) is 2. The van der Waals surface area contributed by atoms with E-state index in [9.17, 15) is 0 Å². The van der Waals surface area contributed by atoms with Crippen molar-refractivity contribution in [3.8, 4) is 0 Å². The van der Waals surface area contributed by atoms with E-state index >= 15 is 0 Å². The van der Waals surface area contributed by atoms with Crippen molar-refractivity contribution in [2.45, 2.75) is 44.2 Å². The lowest BCUT2D eigenvalue weighted by Gasteiger charge is -2.32. The molecule has 2 aliphatic rings. The van der Waals surface area contributed by atoms with Crippen molar-refractivity contribution in [1.29, 1.82) is 0 Å². The zero-order valence-electron chi connectivity index (χ0n) is 10.3. The Hall–Kier alpha value is -1.09. The molecule has 17 heavy (non-hydrogen) atoms. The van der Waals surface area contributed by atoms with E-state index in [0.29, 0.717) is 6.04 Å². The van der Waals surface area contributed by atoms with Crippen LogP contribution in [0.2, 0.25) is 0 Å². The second kappa shape index (κ2) is 5.05. The Labute approximate surface area is 103 Å². The number of aromatic nitrogens is 1. The molecule has 1 aliphatic heterocycles. The molecule has 3 rings (SSSR count).